The van der Waals surface area contributed by atoms with Crippen molar-refractivity contribution in [2.45, 2.75) is 37.2 Å². The molecule has 0 bridgehead atoms. The predicted molar refractivity (Wildman–Crippen MR) is 167 cm³/mol. The molecule has 0 saturated carbocycles. The van der Waals surface area contributed by atoms with E-state index in [4.69, 9.17) is 27.9 Å². The summed E-state index contributed by atoms with van der Waals surface area (Å²) in [5.41, 5.74) is 4.84. The minimum Gasteiger partial charge on any atom is -0.379 e. The molecule has 6 rings (SSSR count). The van der Waals surface area contributed by atoms with E-state index < -0.39 is 15.1 Å². The van der Waals surface area contributed by atoms with Crippen LogP contribution < -0.4 is 5.32 Å². The number of sulfone groups is 1. The summed E-state index contributed by atoms with van der Waals surface area (Å²) < 4.78 is 32.4. The van der Waals surface area contributed by atoms with Crippen LogP contribution in [0.15, 0.2) is 47.2 Å². The number of nitrogens with one attached hydrogen (secondary N) is 2. The Kier molecular flexibility index (Phi) is 8.59. The second kappa shape index (κ2) is 12.2. The first-order chi connectivity index (χ1) is 20.6. The standard InChI is InChI=1S/C31H34Cl2N4O5S/c1-19-28(34-27-6-3-9-37(31(39)29(19)27)11-10-36-12-14-42-15-13-36)17-22-21-16-20(7-8-26(21)35-30(22)38)43(40,41)18-23-24(32)4-2-5-25(23)33/h2,4-5,8,16-17,20,34H,3,6-7,9-15,18H2,1H3,(H,35,38)/b22-17-. The van der Waals surface area contributed by atoms with Crippen LogP contribution in [0.1, 0.15) is 45.7 Å². The van der Waals surface area contributed by atoms with Crippen LogP contribution in [0.5, 0.6) is 0 Å². The highest BCUT2D eigenvalue weighted by atomic mass is 35.5. The lowest BCUT2D eigenvalue weighted by Gasteiger charge is -2.29. The molecule has 0 radical (unpaired) electrons. The summed E-state index contributed by atoms with van der Waals surface area (Å²) in [6, 6.07) is 4.90. The number of rotatable bonds is 7. The van der Waals surface area contributed by atoms with Crippen molar-refractivity contribution in [2.24, 2.45) is 0 Å². The summed E-state index contributed by atoms with van der Waals surface area (Å²) in [6.45, 7) is 7.23. The smallest absolute Gasteiger partial charge is 0.256 e. The lowest BCUT2D eigenvalue weighted by Crippen LogP contribution is -2.43. The molecule has 12 heteroatoms. The van der Waals surface area contributed by atoms with Crippen LogP contribution in [0.2, 0.25) is 10.0 Å². The van der Waals surface area contributed by atoms with Gasteiger partial charge in [0.15, 0.2) is 9.84 Å². The van der Waals surface area contributed by atoms with Gasteiger partial charge in [-0.2, -0.15) is 0 Å². The van der Waals surface area contributed by atoms with Gasteiger partial charge in [-0.1, -0.05) is 41.4 Å². The van der Waals surface area contributed by atoms with Crippen molar-refractivity contribution < 1.29 is 22.7 Å². The van der Waals surface area contributed by atoms with Crippen LogP contribution >= 0.6 is 23.2 Å². The molecule has 2 N–H and O–H groups in total. The van der Waals surface area contributed by atoms with E-state index >= 15 is 0 Å². The fourth-order valence-corrected chi connectivity index (χ4v) is 8.53. The van der Waals surface area contributed by atoms with Gasteiger partial charge in [0.1, 0.15) is 0 Å². The molecule has 2 saturated heterocycles. The first-order valence-electron chi connectivity index (χ1n) is 14.5. The summed E-state index contributed by atoms with van der Waals surface area (Å²) in [7, 11) is -3.70. The Balaban J connectivity index is 1.26. The van der Waals surface area contributed by atoms with Gasteiger partial charge in [0.2, 0.25) is 0 Å². The number of carbonyl (C=O) groups is 2. The van der Waals surface area contributed by atoms with Gasteiger partial charge in [-0.05, 0) is 50.0 Å². The molecule has 4 heterocycles. The number of amides is 2. The van der Waals surface area contributed by atoms with Gasteiger partial charge in [0.05, 0.1) is 35.4 Å². The number of morpholine rings is 1. The van der Waals surface area contributed by atoms with Crippen LogP contribution in [0.25, 0.3) is 6.08 Å². The summed E-state index contributed by atoms with van der Waals surface area (Å²) in [6.07, 6.45) is 6.91. The minimum atomic E-state index is -3.70. The third kappa shape index (κ3) is 6.08. The van der Waals surface area contributed by atoms with Gasteiger partial charge in [-0.3, -0.25) is 14.5 Å². The van der Waals surface area contributed by atoms with Crippen LogP contribution in [0.4, 0.5) is 0 Å². The average Bonchev–Trinajstić information content (AvgIpc) is 3.41. The summed E-state index contributed by atoms with van der Waals surface area (Å²) in [5.74, 6) is -0.625. The maximum absolute atomic E-state index is 13.7. The van der Waals surface area contributed by atoms with Gasteiger partial charge >= 0.3 is 0 Å². The lowest BCUT2D eigenvalue weighted by atomic mass is 9.98. The maximum Gasteiger partial charge on any atom is 0.256 e. The van der Waals surface area contributed by atoms with E-state index in [0.717, 1.165) is 56.9 Å². The topological polar surface area (TPSA) is 112 Å². The highest BCUT2D eigenvalue weighted by Gasteiger charge is 2.36. The number of carbonyl (C=O) groups excluding carboxylic acids is 2. The molecule has 3 aliphatic heterocycles. The molecule has 2 amide bonds. The third-order valence-corrected chi connectivity index (χ3v) is 11.3. The van der Waals surface area contributed by atoms with Crippen molar-refractivity contribution in [3.63, 3.8) is 0 Å². The van der Waals surface area contributed by atoms with Crippen molar-refractivity contribution in [3.05, 3.63) is 85.3 Å². The Morgan fingerprint density at radius 3 is 2.58 bits per heavy atom. The van der Waals surface area contributed by atoms with E-state index in [1.807, 2.05) is 11.8 Å². The number of hydrogen-bond acceptors (Lipinski definition) is 6. The number of allylic oxidation sites excluding steroid dienone is 2. The maximum atomic E-state index is 13.7. The molecule has 228 valence electrons. The first-order valence-corrected chi connectivity index (χ1v) is 17.0. The second-order valence-electron chi connectivity index (χ2n) is 11.4. The molecule has 43 heavy (non-hydrogen) atoms. The number of aryl methyl sites for hydroxylation is 1. The number of nitrogens with zero attached hydrogens (tertiary/aromatic N) is 2. The molecule has 2 aromatic rings. The number of H-pyrrole nitrogens is 1. The van der Waals surface area contributed by atoms with Gasteiger partial charge in [0.25, 0.3) is 11.8 Å². The fourth-order valence-electron chi connectivity index (χ4n) is 6.18. The molecular weight excluding hydrogens is 611 g/mol. The van der Waals surface area contributed by atoms with Crippen LogP contribution in [0.3, 0.4) is 0 Å². The van der Waals surface area contributed by atoms with Crippen LogP contribution in [-0.2, 0) is 31.5 Å². The summed E-state index contributed by atoms with van der Waals surface area (Å²) >= 11 is 12.5. The van der Waals surface area contributed by atoms with Gasteiger partial charge in [0, 0.05) is 71.0 Å². The molecule has 4 aliphatic rings. The Labute approximate surface area is 261 Å². The predicted octanol–water partition coefficient (Wildman–Crippen LogP) is 4.06. The average molecular weight is 646 g/mol. The van der Waals surface area contributed by atoms with Crippen molar-refractivity contribution in [1.29, 1.82) is 0 Å². The van der Waals surface area contributed by atoms with E-state index in [9.17, 15) is 18.0 Å². The Bertz CT molecular complexity index is 1650. The molecular formula is C31H34Cl2N4O5S. The van der Waals surface area contributed by atoms with Gasteiger partial charge < -0.3 is 19.9 Å². The Morgan fingerprint density at radius 1 is 1.09 bits per heavy atom. The van der Waals surface area contributed by atoms with Gasteiger partial charge in [-0.25, -0.2) is 8.42 Å². The number of aromatic amines is 1. The van der Waals surface area contributed by atoms with Crippen LogP contribution in [-0.4, -0.2) is 86.2 Å². The molecule has 1 aliphatic carbocycles. The van der Waals surface area contributed by atoms with Crippen molar-refractivity contribution >= 4 is 50.9 Å². The molecule has 1 aromatic heterocycles. The number of hydrogen-bond donors (Lipinski definition) is 2. The van der Waals surface area contributed by atoms with E-state index in [1.165, 1.54) is 0 Å². The normalized spacial score (nSPS) is 22.2. The Hall–Kier alpha value is -2.89. The zero-order valence-corrected chi connectivity index (χ0v) is 26.2. The molecule has 1 atom stereocenters. The van der Waals surface area contributed by atoms with E-state index in [0.29, 0.717) is 56.8 Å². The number of halogens is 2. The van der Waals surface area contributed by atoms with E-state index in [-0.39, 0.29) is 24.0 Å². The van der Waals surface area contributed by atoms with E-state index in [1.54, 1.807) is 36.4 Å². The van der Waals surface area contributed by atoms with Crippen molar-refractivity contribution in [3.8, 4) is 0 Å². The highest BCUT2D eigenvalue weighted by Crippen LogP contribution is 2.36. The number of ether oxygens (including phenoxy) is 1. The fraction of sp³-hybridized carbons (Fsp3) is 0.419. The molecule has 1 unspecified atom stereocenters. The monoisotopic (exact) mass is 644 g/mol. The van der Waals surface area contributed by atoms with E-state index in [2.05, 4.69) is 15.2 Å². The van der Waals surface area contributed by atoms with Crippen molar-refractivity contribution in [1.82, 2.24) is 20.1 Å². The zero-order valence-electron chi connectivity index (χ0n) is 23.9. The molecule has 9 nitrogen and oxygen atoms in total. The number of fused-ring (bicyclic) bond motifs is 2. The highest BCUT2D eigenvalue weighted by molar-refractivity contribution is 7.91. The zero-order chi connectivity index (χ0) is 30.3. The van der Waals surface area contributed by atoms with Crippen LogP contribution in [0, 0.1) is 6.92 Å². The number of benzene rings is 1. The Morgan fingerprint density at radius 2 is 1.84 bits per heavy atom. The largest absolute Gasteiger partial charge is 0.379 e. The SMILES string of the molecule is Cc1c(/C=C2\C(=O)NC3=CCC(S(=O)(=O)Cc4c(Cl)cccc4Cl)C=C32)[nH]c2c1C(=O)N(CCN1CCOCC1)CCC2. The lowest BCUT2D eigenvalue weighted by molar-refractivity contribution is -0.115. The minimum absolute atomic E-state index is 0.00288. The first kappa shape index (κ1) is 30.1. The third-order valence-electron chi connectivity index (χ3n) is 8.65. The molecule has 0 spiro atoms. The quantitative estimate of drug-likeness (QED) is 0.440. The molecule has 1 aromatic carbocycles. The van der Waals surface area contributed by atoms with Gasteiger partial charge in [-0.15, -0.1) is 0 Å². The van der Waals surface area contributed by atoms with Crippen molar-refractivity contribution in [2.75, 3.05) is 45.9 Å². The molecule has 2 fully saturated rings. The summed E-state index contributed by atoms with van der Waals surface area (Å²) in [4.78, 5) is 34.4. The number of aromatic nitrogens is 1. The second-order valence-corrected chi connectivity index (χ2v) is 14.4. The summed E-state index contributed by atoms with van der Waals surface area (Å²) in [5, 5.41) is 2.61.